The fraction of sp³-hybridized carbons (Fsp3) is 0.500. The van der Waals surface area contributed by atoms with Crippen molar-refractivity contribution in [3.63, 3.8) is 0 Å². The minimum absolute atomic E-state index is 0.533. The van der Waals surface area contributed by atoms with E-state index in [1.54, 1.807) is 0 Å². The van der Waals surface area contributed by atoms with Crippen LogP contribution < -0.4 is 0 Å². The van der Waals surface area contributed by atoms with Gasteiger partial charge in [0.15, 0.2) is 0 Å². The molecule has 84 valence electrons. The van der Waals surface area contributed by atoms with Crippen molar-refractivity contribution in [3.05, 3.63) is 36.4 Å². The first-order valence-corrected chi connectivity index (χ1v) is 5.59. The van der Waals surface area contributed by atoms with Crippen LogP contribution in [0.2, 0.25) is 0 Å². The van der Waals surface area contributed by atoms with Gasteiger partial charge in [-0.15, -0.1) is 0 Å². The monoisotopic (exact) mass is 242 g/mol. The van der Waals surface area contributed by atoms with E-state index >= 15 is 0 Å². The van der Waals surface area contributed by atoms with E-state index in [0.717, 1.165) is 12.8 Å². The second kappa shape index (κ2) is 10.8. The van der Waals surface area contributed by atoms with Gasteiger partial charge in [0.1, 0.15) is 0 Å². The van der Waals surface area contributed by atoms with Crippen LogP contribution in [0.1, 0.15) is 32.6 Å². The molecule has 0 aliphatic rings. The maximum absolute atomic E-state index is 8.58. The van der Waals surface area contributed by atoms with E-state index in [0.29, 0.717) is 0 Å². The van der Waals surface area contributed by atoms with Crippen LogP contribution in [-0.2, 0) is 16.0 Å². The summed E-state index contributed by atoms with van der Waals surface area (Å²) >= 11 is 4.68. The molecule has 0 heterocycles. The molecule has 1 nitrogen and oxygen atoms in total. The quantitative estimate of drug-likeness (QED) is 0.636. The Morgan fingerprint density at radius 1 is 1.00 bits per heavy atom. The van der Waals surface area contributed by atoms with Crippen molar-refractivity contribution in [2.45, 2.75) is 37.6 Å². The Balaban J connectivity index is 0.000000249. The molecule has 0 aliphatic heterocycles. The van der Waals surface area contributed by atoms with Crippen LogP contribution in [0.3, 0.4) is 0 Å². The van der Waals surface area contributed by atoms with Gasteiger partial charge in [0.25, 0.3) is 0 Å². The van der Waals surface area contributed by atoms with E-state index in [9.17, 15) is 0 Å². The molecule has 1 N–H and O–H groups in total. The summed E-state index contributed by atoms with van der Waals surface area (Å²) in [7, 11) is 0. The number of aliphatic hydroxyl groups excluding tert-OH is 1. The number of benzene rings is 1. The number of aliphatic hydroxyl groups is 1. The Morgan fingerprint density at radius 3 is 1.71 bits per heavy atom. The molecule has 0 saturated carbocycles. The van der Waals surface area contributed by atoms with E-state index in [1.165, 1.54) is 12.8 Å². The summed E-state index contributed by atoms with van der Waals surface area (Å²) in [5.74, 6) is 0. The van der Waals surface area contributed by atoms with E-state index in [2.05, 4.69) is 22.9 Å². The standard InChI is InChI=1S/C6H13O.C6H6.Cu/c1-2-3-4-5-6-7;1-2-4-6-5-3-1;/h6-7H,2-5H2,1H3;1-6H;. The average Bonchev–Trinajstić information content (AvgIpc) is 2.21. The van der Waals surface area contributed by atoms with Gasteiger partial charge in [-0.1, -0.05) is 36.4 Å². The number of rotatable bonds is 4. The molecule has 14 heavy (non-hydrogen) atoms. The van der Waals surface area contributed by atoms with Crippen LogP contribution >= 0.6 is 0 Å². The molecule has 1 atom stereocenters. The maximum Gasteiger partial charge on any atom is -0.0623 e. The average molecular weight is 243 g/mol. The first kappa shape index (κ1) is 13.7. The molecule has 0 aromatic heterocycles. The van der Waals surface area contributed by atoms with Crippen molar-refractivity contribution in [2.24, 2.45) is 0 Å². The maximum atomic E-state index is 8.58. The smallest absolute Gasteiger partial charge is 0.0623 e. The molecule has 2 heteroatoms. The zero-order valence-corrected chi connectivity index (χ0v) is 9.56. The Hall–Kier alpha value is -0.301. The van der Waals surface area contributed by atoms with Crippen LogP contribution in [-0.4, -0.2) is 10.1 Å². The van der Waals surface area contributed by atoms with Crippen molar-refractivity contribution in [3.8, 4) is 0 Å². The summed E-state index contributed by atoms with van der Waals surface area (Å²) in [6, 6.07) is 12.0. The van der Waals surface area contributed by atoms with Crippen LogP contribution in [0.5, 0.6) is 0 Å². The number of hydrogen-bond donors (Lipinski definition) is 1. The molecule has 0 spiro atoms. The van der Waals surface area contributed by atoms with E-state index < -0.39 is 5.00 Å². The van der Waals surface area contributed by atoms with Gasteiger partial charge in [0.05, 0.1) is 0 Å². The fourth-order valence-electron chi connectivity index (χ4n) is 0.932. The van der Waals surface area contributed by atoms with Gasteiger partial charge >= 0.3 is 58.7 Å². The molecule has 1 unspecified atom stereocenters. The van der Waals surface area contributed by atoms with Crippen LogP contribution in [0.4, 0.5) is 0 Å². The first-order chi connectivity index (χ1) is 6.77. The summed E-state index contributed by atoms with van der Waals surface area (Å²) in [5.41, 5.74) is 0. The second-order valence-corrected chi connectivity index (χ2v) is 3.66. The van der Waals surface area contributed by atoms with Crippen LogP contribution in [0, 0.1) is 0 Å². The molecule has 1 rings (SSSR count). The van der Waals surface area contributed by atoms with Gasteiger partial charge in [0, 0.05) is 0 Å². The Labute approximate surface area is 95.4 Å². The zero-order chi connectivity index (χ0) is 10.6. The third-order valence-electron chi connectivity index (χ3n) is 1.69. The van der Waals surface area contributed by atoms with Gasteiger partial charge in [0.2, 0.25) is 0 Å². The third-order valence-corrected chi connectivity index (χ3v) is 1.96. The van der Waals surface area contributed by atoms with Crippen molar-refractivity contribution in [1.82, 2.24) is 0 Å². The number of unbranched alkanes of at least 4 members (excludes halogenated alkanes) is 2. The van der Waals surface area contributed by atoms with Gasteiger partial charge < -0.3 is 0 Å². The molecule has 0 amide bonds. The van der Waals surface area contributed by atoms with Crippen LogP contribution in [0.15, 0.2) is 36.4 Å². The molecule has 0 radical (unpaired) electrons. The van der Waals surface area contributed by atoms with Crippen molar-refractivity contribution in [1.29, 1.82) is 0 Å². The molecule has 0 fully saturated rings. The van der Waals surface area contributed by atoms with E-state index in [-0.39, 0.29) is 0 Å². The molecule has 0 saturated heterocycles. The van der Waals surface area contributed by atoms with Gasteiger partial charge in [-0.05, 0) is 0 Å². The minimum atomic E-state index is -0.533. The number of hydrogen-bond acceptors (Lipinski definition) is 1. The Morgan fingerprint density at radius 2 is 1.43 bits per heavy atom. The summed E-state index contributed by atoms with van der Waals surface area (Å²) in [4.78, 5) is 0. The van der Waals surface area contributed by atoms with E-state index in [4.69, 9.17) is 5.11 Å². The largest absolute Gasteiger partial charge is 0.0623 e. The van der Waals surface area contributed by atoms with Gasteiger partial charge in [-0.25, -0.2) is 0 Å². The van der Waals surface area contributed by atoms with Crippen molar-refractivity contribution in [2.75, 3.05) is 0 Å². The third kappa shape index (κ3) is 11.7. The zero-order valence-electron chi connectivity index (χ0n) is 8.62. The second-order valence-electron chi connectivity index (χ2n) is 3.03. The Kier molecular flexibility index (Phi) is 10.5. The normalized spacial score (nSPS) is 11.4. The summed E-state index contributed by atoms with van der Waals surface area (Å²) in [6.07, 6.45) is 4.22. The molecule has 1 aromatic rings. The van der Waals surface area contributed by atoms with Crippen molar-refractivity contribution < 1.29 is 21.1 Å². The molecular weight excluding hydrogens is 224 g/mol. The molecular formula is C12H19CuO. The predicted molar refractivity (Wildman–Crippen MR) is 56.6 cm³/mol. The molecule has 0 bridgehead atoms. The van der Waals surface area contributed by atoms with Gasteiger partial charge in [-0.3, -0.25) is 0 Å². The summed E-state index contributed by atoms with van der Waals surface area (Å²) in [5, 5.41) is 8.05. The Bertz CT molecular complexity index is 160. The predicted octanol–water partition coefficient (Wildman–Crippen LogP) is 3.12. The van der Waals surface area contributed by atoms with Crippen LogP contribution in [0.25, 0.3) is 0 Å². The first-order valence-electron chi connectivity index (χ1n) is 5.05. The minimum Gasteiger partial charge on any atom is -0.0623 e. The van der Waals surface area contributed by atoms with Crippen molar-refractivity contribution >= 4 is 0 Å². The van der Waals surface area contributed by atoms with Gasteiger partial charge in [-0.2, -0.15) is 0 Å². The summed E-state index contributed by atoms with van der Waals surface area (Å²) in [6.45, 7) is 2.13. The fourth-order valence-corrected chi connectivity index (χ4v) is 1.12. The molecule has 0 aliphatic carbocycles. The van der Waals surface area contributed by atoms with E-state index in [1.807, 2.05) is 36.4 Å². The summed E-state index contributed by atoms with van der Waals surface area (Å²) < 4.78 is 0. The topological polar surface area (TPSA) is 20.2 Å². The molecule has 1 aromatic carbocycles. The SMILES string of the molecule is CCCCC[CH](O)[Cu].c1ccccc1.